The van der Waals surface area contributed by atoms with E-state index >= 15 is 0 Å². The van der Waals surface area contributed by atoms with Crippen LogP contribution in [0.3, 0.4) is 0 Å². The normalized spacial score (nSPS) is 15.6. The summed E-state index contributed by atoms with van der Waals surface area (Å²) in [7, 11) is 0. The summed E-state index contributed by atoms with van der Waals surface area (Å²) in [5.41, 5.74) is 0. The molecule has 0 atom stereocenters. The number of esters is 1. The number of carbonyl (C=O) groups is 1. The highest BCUT2D eigenvalue weighted by Crippen LogP contribution is 2.29. The lowest BCUT2D eigenvalue weighted by Gasteiger charge is -2.25. The number of ether oxygens (including phenoxy) is 1. The summed E-state index contributed by atoms with van der Waals surface area (Å²) in [6, 6.07) is 0. The standard InChI is InChI=1S/C12H19N3O2/c1-3-17-12(16)11-14-13-9(2)15(11)8-7-10-5-4-6-10/h10H,3-8H2,1-2H3. The molecule has 0 radical (unpaired) electrons. The van der Waals surface area contributed by atoms with Crippen LogP contribution >= 0.6 is 0 Å². The van der Waals surface area contributed by atoms with Gasteiger partial charge in [0.2, 0.25) is 5.82 Å². The number of aromatic nitrogens is 3. The monoisotopic (exact) mass is 237 g/mol. The van der Waals surface area contributed by atoms with Crippen LogP contribution in [0.4, 0.5) is 0 Å². The molecule has 1 aliphatic rings. The molecule has 0 saturated heterocycles. The Morgan fingerprint density at radius 3 is 2.82 bits per heavy atom. The number of rotatable bonds is 5. The first-order valence-electron chi connectivity index (χ1n) is 6.29. The predicted molar refractivity (Wildman–Crippen MR) is 62.7 cm³/mol. The van der Waals surface area contributed by atoms with Crippen LogP contribution in [0.2, 0.25) is 0 Å². The van der Waals surface area contributed by atoms with Crippen molar-refractivity contribution in [1.29, 1.82) is 0 Å². The van der Waals surface area contributed by atoms with Gasteiger partial charge in [0.15, 0.2) is 0 Å². The lowest BCUT2D eigenvalue weighted by atomic mass is 9.83. The van der Waals surface area contributed by atoms with E-state index in [1.807, 2.05) is 11.5 Å². The fraction of sp³-hybridized carbons (Fsp3) is 0.750. The summed E-state index contributed by atoms with van der Waals surface area (Å²) < 4.78 is 6.84. The topological polar surface area (TPSA) is 57.0 Å². The van der Waals surface area contributed by atoms with E-state index in [1.54, 1.807) is 6.92 Å². The molecule has 0 aromatic carbocycles. The molecule has 0 N–H and O–H groups in total. The molecule has 2 rings (SSSR count). The maximum atomic E-state index is 11.7. The summed E-state index contributed by atoms with van der Waals surface area (Å²) in [5.74, 6) is 1.56. The van der Waals surface area contributed by atoms with Gasteiger partial charge in [-0.15, -0.1) is 10.2 Å². The van der Waals surface area contributed by atoms with Crippen molar-refractivity contribution in [3.63, 3.8) is 0 Å². The van der Waals surface area contributed by atoms with Gasteiger partial charge in [0.1, 0.15) is 5.82 Å². The molecule has 5 nitrogen and oxygen atoms in total. The summed E-state index contributed by atoms with van der Waals surface area (Å²) in [4.78, 5) is 11.7. The van der Waals surface area contributed by atoms with Crippen molar-refractivity contribution in [2.45, 2.75) is 46.1 Å². The molecule has 0 aliphatic heterocycles. The third kappa shape index (κ3) is 2.65. The van der Waals surface area contributed by atoms with E-state index in [9.17, 15) is 4.79 Å². The van der Waals surface area contributed by atoms with Crippen molar-refractivity contribution >= 4 is 5.97 Å². The highest BCUT2D eigenvalue weighted by atomic mass is 16.5. The highest BCUT2D eigenvalue weighted by molar-refractivity contribution is 5.85. The minimum atomic E-state index is -0.373. The second-order valence-corrected chi connectivity index (χ2v) is 4.53. The highest BCUT2D eigenvalue weighted by Gasteiger charge is 2.21. The maximum absolute atomic E-state index is 11.7. The van der Waals surface area contributed by atoms with Crippen LogP contribution in [0.1, 0.15) is 49.1 Å². The molecule has 0 unspecified atom stereocenters. The van der Waals surface area contributed by atoms with Gasteiger partial charge in [-0.25, -0.2) is 4.79 Å². The lowest BCUT2D eigenvalue weighted by molar-refractivity contribution is 0.0504. The average molecular weight is 237 g/mol. The fourth-order valence-corrected chi connectivity index (χ4v) is 2.09. The van der Waals surface area contributed by atoms with E-state index in [0.29, 0.717) is 12.4 Å². The van der Waals surface area contributed by atoms with Gasteiger partial charge in [0.05, 0.1) is 6.61 Å². The summed E-state index contributed by atoms with van der Waals surface area (Å²) in [6.45, 7) is 4.85. The van der Waals surface area contributed by atoms with Crippen LogP contribution in [0, 0.1) is 12.8 Å². The largest absolute Gasteiger partial charge is 0.460 e. The van der Waals surface area contributed by atoms with Gasteiger partial charge in [-0.1, -0.05) is 19.3 Å². The van der Waals surface area contributed by atoms with Crippen molar-refractivity contribution < 1.29 is 9.53 Å². The molecule has 1 aromatic rings. The quantitative estimate of drug-likeness (QED) is 0.734. The van der Waals surface area contributed by atoms with Gasteiger partial charge >= 0.3 is 5.97 Å². The molecule has 1 aromatic heterocycles. The third-order valence-corrected chi connectivity index (χ3v) is 3.38. The molecule has 94 valence electrons. The average Bonchev–Trinajstić information content (AvgIpc) is 2.59. The number of hydrogen-bond donors (Lipinski definition) is 0. The van der Waals surface area contributed by atoms with Crippen LogP contribution in [-0.4, -0.2) is 27.3 Å². The van der Waals surface area contributed by atoms with Crippen LogP contribution in [0.15, 0.2) is 0 Å². The number of carbonyl (C=O) groups excluding carboxylic acids is 1. The first-order chi connectivity index (χ1) is 8.22. The number of nitrogens with zero attached hydrogens (tertiary/aromatic N) is 3. The van der Waals surface area contributed by atoms with Crippen LogP contribution < -0.4 is 0 Å². The van der Waals surface area contributed by atoms with Gasteiger partial charge in [-0.3, -0.25) is 0 Å². The van der Waals surface area contributed by atoms with E-state index in [1.165, 1.54) is 19.3 Å². The van der Waals surface area contributed by atoms with E-state index in [0.717, 1.165) is 24.7 Å². The summed E-state index contributed by atoms with van der Waals surface area (Å²) in [6.07, 6.45) is 5.08. The van der Waals surface area contributed by atoms with Crippen LogP contribution in [-0.2, 0) is 11.3 Å². The zero-order valence-corrected chi connectivity index (χ0v) is 10.5. The zero-order valence-electron chi connectivity index (χ0n) is 10.5. The first-order valence-corrected chi connectivity index (χ1v) is 6.29. The second kappa shape index (κ2) is 5.29. The van der Waals surface area contributed by atoms with Gasteiger partial charge in [0.25, 0.3) is 0 Å². The first kappa shape index (κ1) is 12.1. The second-order valence-electron chi connectivity index (χ2n) is 4.53. The van der Waals surface area contributed by atoms with Crippen molar-refractivity contribution in [1.82, 2.24) is 14.8 Å². The van der Waals surface area contributed by atoms with E-state index in [4.69, 9.17) is 4.74 Å². The van der Waals surface area contributed by atoms with Crippen LogP contribution in [0.25, 0.3) is 0 Å². The molecule has 0 spiro atoms. The van der Waals surface area contributed by atoms with Crippen molar-refractivity contribution in [2.24, 2.45) is 5.92 Å². The van der Waals surface area contributed by atoms with Crippen molar-refractivity contribution in [2.75, 3.05) is 6.61 Å². The molecule has 1 fully saturated rings. The predicted octanol–water partition coefficient (Wildman–Crippen LogP) is 1.95. The van der Waals surface area contributed by atoms with Crippen molar-refractivity contribution in [3.8, 4) is 0 Å². The molecular formula is C12H19N3O2. The zero-order chi connectivity index (χ0) is 12.3. The molecular weight excluding hydrogens is 218 g/mol. The molecule has 17 heavy (non-hydrogen) atoms. The SMILES string of the molecule is CCOC(=O)c1nnc(C)n1CCC1CCC1. The minimum absolute atomic E-state index is 0.337. The van der Waals surface area contributed by atoms with E-state index in [-0.39, 0.29) is 5.97 Å². The Labute approximate surface area is 101 Å². The molecule has 0 bridgehead atoms. The van der Waals surface area contributed by atoms with Gasteiger partial charge in [-0.05, 0) is 26.2 Å². The Morgan fingerprint density at radius 1 is 1.47 bits per heavy atom. The summed E-state index contributed by atoms with van der Waals surface area (Å²) >= 11 is 0. The maximum Gasteiger partial charge on any atom is 0.376 e. The number of hydrogen-bond acceptors (Lipinski definition) is 4. The van der Waals surface area contributed by atoms with E-state index in [2.05, 4.69) is 10.2 Å². The van der Waals surface area contributed by atoms with Gasteiger partial charge in [0, 0.05) is 6.54 Å². The van der Waals surface area contributed by atoms with E-state index < -0.39 is 0 Å². The Bertz CT molecular complexity index is 396. The Morgan fingerprint density at radius 2 is 2.24 bits per heavy atom. The molecule has 1 saturated carbocycles. The Balaban J connectivity index is 2.02. The minimum Gasteiger partial charge on any atom is -0.460 e. The van der Waals surface area contributed by atoms with Gasteiger partial charge < -0.3 is 9.30 Å². The Hall–Kier alpha value is -1.39. The smallest absolute Gasteiger partial charge is 0.376 e. The summed E-state index contributed by atoms with van der Waals surface area (Å²) in [5, 5.41) is 7.85. The van der Waals surface area contributed by atoms with Gasteiger partial charge in [-0.2, -0.15) is 0 Å². The van der Waals surface area contributed by atoms with Crippen LogP contribution in [0.5, 0.6) is 0 Å². The molecule has 5 heteroatoms. The number of aryl methyl sites for hydroxylation is 1. The Kier molecular flexibility index (Phi) is 3.76. The van der Waals surface area contributed by atoms with Crippen molar-refractivity contribution in [3.05, 3.63) is 11.6 Å². The lowest BCUT2D eigenvalue weighted by Crippen LogP contribution is -2.18. The molecule has 0 amide bonds. The third-order valence-electron chi connectivity index (χ3n) is 3.38. The molecule has 1 aliphatic carbocycles. The molecule has 1 heterocycles. The fourth-order valence-electron chi connectivity index (χ4n) is 2.09.